The second-order valence-electron chi connectivity index (χ2n) is 5.57. The van der Waals surface area contributed by atoms with Crippen LogP contribution in [0.25, 0.3) is 11.0 Å². The first-order chi connectivity index (χ1) is 10.2. The number of hydrogen-bond acceptors (Lipinski definition) is 4. The number of rotatable bonds is 5. The highest BCUT2D eigenvalue weighted by Gasteiger charge is 2.14. The van der Waals surface area contributed by atoms with Crippen molar-refractivity contribution >= 4 is 26.9 Å². The molecule has 1 N–H and O–H groups in total. The molecule has 2 heterocycles. The average Bonchev–Trinajstić information content (AvgIpc) is 2.91. The van der Waals surface area contributed by atoms with Gasteiger partial charge in [-0.1, -0.05) is 12.1 Å². The predicted molar refractivity (Wildman–Crippen MR) is 87.5 cm³/mol. The third-order valence-corrected chi connectivity index (χ3v) is 4.43. The van der Waals surface area contributed by atoms with Crippen LogP contribution in [-0.4, -0.2) is 43.8 Å². The maximum Gasteiger partial charge on any atom is 0.148 e. The number of ether oxygens (including phenoxy) is 1. The van der Waals surface area contributed by atoms with Crippen molar-refractivity contribution in [2.45, 2.75) is 19.5 Å². The molecule has 1 aliphatic heterocycles. The molecule has 4 nitrogen and oxygen atoms in total. The fourth-order valence-corrected chi connectivity index (χ4v) is 3.14. The number of nitrogens with zero attached hydrogens (tertiary/aromatic N) is 1. The van der Waals surface area contributed by atoms with E-state index < -0.39 is 0 Å². The van der Waals surface area contributed by atoms with E-state index in [4.69, 9.17) is 9.15 Å². The van der Waals surface area contributed by atoms with E-state index in [0.717, 1.165) is 60.6 Å². The largest absolute Gasteiger partial charge is 0.459 e. The van der Waals surface area contributed by atoms with Gasteiger partial charge in [0.15, 0.2) is 0 Å². The lowest BCUT2D eigenvalue weighted by Gasteiger charge is -2.29. The molecule has 0 aliphatic carbocycles. The zero-order chi connectivity index (χ0) is 14.7. The first kappa shape index (κ1) is 15.0. The van der Waals surface area contributed by atoms with Gasteiger partial charge in [-0.05, 0) is 35.0 Å². The van der Waals surface area contributed by atoms with Gasteiger partial charge in [0.1, 0.15) is 11.3 Å². The van der Waals surface area contributed by atoms with Gasteiger partial charge >= 0.3 is 0 Å². The van der Waals surface area contributed by atoms with Crippen molar-refractivity contribution in [1.29, 1.82) is 0 Å². The summed E-state index contributed by atoms with van der Waals surface area (Å²) in [6.45, 7) is 7.79. The van der Waals surface area contributed by atoms with Gasteiger partial charge in [-0.3, -0.25) is 4.90 Å². The molecule has 1 unspecified atom stereocenters. The minimum absolute atomic E-state index is 0.430. The molecule has 1 atom stereocenters. The molecular weight excluding hydrogens is 332 g/mol. The van der Waals surface area contributed by atoms with Crippen LogP contribution in [0, 0.1) is 0 Å². The smallest absolute Gasteiger partial charge is 0.148 e. The summed E-state index contributed by atoms with van der Waals surface area (Å²) in [6, 6.07) is 8.64. The lowest BCUT2D eigenvalue weighted by atomic mass is 10.2. The van der Waals surface area contributed by atoms with Crippen LogP contribution in [0.4, 0.5) is 0 Å². The summed E-state index contributed by atoms with van der Waals surface area (Å²) in [7, 11) is 0. The van der Waals surface area contributed by atoms with E-state index in [1.54, 1.807) is 0 Å². The van der Waals surface area contributed by atoms with Gasteiger partial charge in [0, 0.05) is 31.1 Å². The monoisotopic (exact) mass is 352 g/mol. The van der Waals surface area contributed by atoms with Crippen molar-refractivity contribution in [3.63, 3.8) is 0 Å². The number of hydrogen-bond donors (Lipinski definition) is 1. The summed E-state index contributed by atoms with van der Waals surface area (Å²) in [5.41, 5.74) is 0.926. The number of fused-ring (bicyclic) bond motifs is 1. The Labute approximate surface area is 133 Å². The minimum Gasteiger partial charge on any atom is -0.459 e. The van der Waals surface area contributed by atoms with Crippen molar-refractivity contribution in [2.24, 2.45) is 0 Å². The van der Waals surface area contributed by atoms with E-state index in [-0.39, 0.29) is 0 Å². The molecule has 1 aromatic carbocycles. The van der Waals surface area contributed by atoms with E-state index in [2.05, 4.69) is 45.2 Å². The molecule has 1 saturated heterocycles. The summed E-state index contributed by atoms with van der Waals surface area (Å²) >= 11 is 3.52. The van der Waals surface area contributed by atoms with Crippen LogP contribution >= 0.6 is 15.9 Å². The maximum absolute atomic E-state index is 5.90. The molecule has 0 saturated carbocycles. The second-order valence-corrected chi connectivity index (χ2v) is 6.42. The fourth-order valence-electron chi connectivity index (χ4n) is 2.68. The Bertz CT molecular complexity index is 593. The standard InChI is InChI=1S/C16H21BrN2O2/c1-12(11-19-5-7-20-8-6-19)18-10-14-9-13-3-2-4-15(17)16(13)21-14/h2-4,9,12,18H,5-8,10-11H2,1H3. The summed E-state index contributed by atoms with van der Waals surface area (Å²) in [5.74, 6) is 0.978. The van der Waals surface area contributed by atoms with Gasteiger partial charge in [0.05, 0.1) is 24.2 Å². The van der Waals surface area contributed by atoms with Gasteiger partial charge in [-0.2, -0.15) is 0 Å². The molecular formula is C16H21BrN2O2. The zero-order valence-electron chi connectivity index (χ0n) is 12.3. The van der Waals surface area contributed by atoms with Crippen LogP contribution in [0.3, 0.4) is 0 Å². The highest BCUT2D eigenvalue weighted by Crippen LogP contribution is 2.26. The Morgan fingerprint density at radius 2 is 2.14 bits per heavy atom. The number of para-hydroxylation sites is 1. The number of morpholine rings is 1. The molecule has 0 radical (unpaired) electrons. The first-order valence-corrected chi connectivity index (χ1v) is 8.22. The Morgan fingerprint density at radius 3 is 2.90 bits per heavy atom. The van der Waals surface area contributed by atoms with Gasteiger partial charge in [0.2, 0.25) is 0 Å². The highest BCUT2D eigenvalue weighted by molar-refractivity contribution is 9.10. The van der Waals surface area contributed by atoms with Crippen molar-refractivity contribution in [3.8, 4) is 0 Å². The first-order valence-electron chi connectivity index (χ1n) is 7.43. The number of halogens is 1. The van der Waals surface area contributed by atoms with Gasteiger partial charge in [0.25, 0.3) is 0 Å². The second kappa shape index (κ2) is 6.92. The Hall–Kier alpha value is -0.880. The normalized spacial score (nSPS) is 18.2. The number of benzene rings is 1. The van der Waals surface area contributed by atoms with Crippen molar-refractivity contribution < 1.29 is 9.15 Å². The van der Waals surface area contributed by atoms with E-state index in [1.165, 1.54) is 0 Å². The highest BCUT2D eigenvalue weighted by atomic mass is 79.9. The Morgan fingerprint density at radius 1 is 1.33 bits per heavy atom. The van der Waals surface area contributed by atoms with Crippen LogP contribution in [0.15, 0.2) is 33.2 Å². The predicted octanol–water partition coefficient (Wildman–Crippen LogP) is 3.01. The number of nitrogens with one attached hydrogen (secondary N) is 1. The van der Waals surface area contributed by atoms with Crippen molar-refractivity contribution in [2.75, 3.05) is 32.8 Å². The molecule has 1 fully saturated rings. The van der Waals surface area contributed by atoms with Gasteiger partial charge in [-0.15, -0.1) is 0 Å². The third kappa shape index (κ3) is 3.86. The van der Waals surface area contributed by atoms with Crippen LogP contribution in [0.2, 0.25) is 0 Å². The summed E-state index contributed by atoms with van der Waals surface area (Å²) in [6.07, 6.45) is 0. The maximum atomic E-state index is 5.90. The van der Waals surface area contributed by atoms with Crippen molar-refractivity contribution in [1.82, 2.24) is 10.2 Å². The molecule has 0 amide bonds. The molecule has 0 bridgehead atoms. The average molecular weight is 353 g/mol. The Kier molecular flexibility index (Phi) is 4.95. The summed E-state index contributed by atoms with van der Waals surface area (Å²) in [5, 5.41) is 4.68. The summed E-state index contributed by atoms with van der Waals surface area (Å²) in [4.78, 5) is 2.44. The SMILES string of the molecule is CC(CN1CCOCC1)NCc1cc2cccc(Br)c2o1. The van der Waals surface area contributed by atoms with Crippen molar-refractivity contribution in [3.05, 3.63) is 34.5 Å². The minimum atomic E-state index is 0.430. The van der Waals surface area contributed by atoms with Gasteiger partial charge < -0.3 is 14.5 Å². The lowest BCUT2D eigenvalue weighted by molar-refractivity contribution is 0.0342. The van der Waals surface area contributed by atoms with Crippen LogP contribution in [-0.2, 0) is 11.3 Å². The molecule has 5 heteroatoms. The molecule has 2 aromatic rings. The molecule has 21 heavy (non-hydrogen) atoms. The molecule has 114 valence electrons. The van der Waals surface area contributed by atoms with E-state index in [1.807, 2.05) is 12.1 Å². The molecule has 3 rings (SSSR count). The Balaban J connectivity index is 1.54. The number of furan rings is 1. The zero-order valence-corrected chi connectivity index (χ0v) is 13.9. The summed E-state index contributed by atoms with van der Waals surface area (Å²) < 4.78 is 12.3. The quantitative estimate of drug-likeness (QED) is 0.897. The van der Waals surface area contributed by atoms with E-state index in [0.29, 0.717) is 6.04 Å². The van der Waals surface area contributed by atoms with E-state index >= 15 is 0 Å². The lowest BCUT2D eigenvalue weighted by Crippen LogP contribution is -2.44. The topological polar surface area (TPSA) is 37.6 Å². The molecule has 1 aromatic heterocycles. The molecule has 0 spiro atoms. The van der Waals surface area contributed by atoms with Crippen LogP contribution in [0.5, 0.6) is 0 Å². The van der Waals surface area contributed by atoms with E-state index in [9.17, 15) is 0 Å². The fraction of sp³-hybridized carbons (Fsp3) is 0.500. The van der Waals surface area contributed by atoms with Crippen LogP contribution < -0.4 is 5.32 Å². The van der Waals surface area contributed by atoms with Gasteiger partial charge in [-0.25, -0.2) is 0 Å². The molecule has 1 aliphatic rings. The third-order valence-electron chi connectivity index (χ3n) is 3.81. The van der Waals surface area contributed by atoms with Crippen LogP contribution in [0.1, 0.15) is 12.7 Å².